The molecule has 0 aliphatic heterocycles. The van der Waals surface area contributed by atoms with Gasteiger partial charge in [-0.2, -0.15) is 0 Å². The molecule has 0 aliphatic carbocycles. The molecule has 0 aromatic heterocycles. The molecule has 2 rings (SSSR count). The lowest BCUT2D eigenvalue weighted by Gasteiger charge is -2.11. The Hall–Kier alpha value is -3.42. The molecule has 8 heteroatoms. The van der Waals surface area contributed by atoms with Crippen molar-refractivity contribution >= 4 is 23.5 Å². The Morgan fingerprint density at radius 1 is 1.07 bits per heavy atom. The molecule has 0 spiro atoms. The van der Waals surface area contributed by atoms with Crippen LogP contribution >= 0.6 is 0 Å². The second kappa shape index (κ2) is 9.50. The second-order valence-electron chi connectivity index (χ2n) is 5.99. The Kier molecular flexibility index (Phi) is 7.08. The maximum absolute atomic E-state index is 13.8. The van der Waals surface area contributed by atoms with E-state index in [0.29, 0.717) is 5.69 Å². The third-order valence-corrected chi connectivity index (χ3v) is 4.06. The lowest BCUT2D eigenvalue weighted by molar-refractivity contribution is -0.126. The number of ether oxygens (including phenoxy) is 2. The fourth-order valence-corrected chi connectivity index (χ4v) is 2.31. The number of esters is 1. The lowest BCUT2D eigenvalue weighted by Crippen LogP contribution is -2.35. The van der Waals surface area contributed by atoms with E-state index in [1.54, 1.807) is 6.07 Å². The molecule has 0 radical (unpaired) electrons. The number of benzene rings is 2. The molecule has 2 N–H and O–H groups in total. The minimum Gasteiger partial charge on any atom is -0.497 e. The van der Waals surface area contributed by atoms with Crippen LogP contribution in [0, 0.1) is 19.7 Å². The highest BCUT2D eigenvalue weighted by molar-refractivity contribution is 5.96. The molecule has 7 nitrogen and oxygen atoms in total. The Morgan fingerprint density at radius 2 is 1.82 bits per heavy atom. The van der Waals surface area contributed by atoms with Crippen LogP contribution in [0.3, 0.4) is 0 Å². The fourth-order valence-electron chi connectivity index (χ4n) is 2.31. The summed E-state index contributed by atoms with van der Waals surface area (Å²) >= 11 is 0. The van der Waals surface area contributed by atoms with Crippen LogP contribution in [0.15, 0.2) is 36.4 Å². The lowest BCUT2D eigenvalue weighted by atomic mass is 10.1. The van der Waals surface area contributed by atoms with Crippen LogP contribution in [0.4, 0.5) is 10.1 Å². The van der Waals surface area contributed by atoms with Gasteiger partial charge in [-0.1, -0.05) is 12.1 Å². The maximum atomic E-state index is 13.8. The number of rotatable bonds is 7. The summed E-state index contributed by atoms with van der Waals surface area (Å²) in [6.07, 6.45) is 0. The number of amides is 2. The minimum atomic E-state index is -0.991. The number of hydrogen-bond acceptors (Lipinski definition) is 5. The number of carbonyl (C=O) groups excluding carboxylic acids is 3. The average molecular weight is 388 g/mol. The largest absolute Gasteiger partial charge is 0.497 e. The topological polar surface area (TPSA) is 93.7 Å². The van der Waals surface area contributed by atoms with E-state index in [9.17, 15) is 18.8 Å². The Bertz CT molecular complexity index is 898. The molecular formula is C20H21FN2O5. The fraction of sp³-hybridized carbons (Fsp3) is 0.250. The molecule has 0 aliphatic rings. The van der Waals surface area contributed by atoms with Gasteiger partial charge in [0.05, 0.1) is 19.2 Å². The molecular weight excluding hydrogens is 367 g/mol. The van der Waals surface area contributed by atoms with E-state index in [1.807, 2.05) is 26.0 Å². The second-order valence-corrected chi connectivity index (χ2v) is 5.99. The number of anilines is 1. The normalized spacial score (nSPS) is 10.1. The highest BCUT2D eigenvalue weighted by Crippen LogP contribution is 2.18. The van der Waals surface area contributed by atoms with E-state index in [4.69, 9.17) is 9.47 Å². The van der Waals surface area contributed by atoms with E-state index in [-0.39, 0.29) is 17.9 Å². The molecule has 0 atom stereocenters. The van der Waals surface area contributed by atoms with Gasteiger partial charge in [0, 0.05) is 11.8 Å². The van der Waals surface area contributed by atoms with Gasteiger partial charge in [0.2, 0.25) is 5.91 Å². The van der Waals surface area contributed by atoms with Gasteiger partial charge in [0.25, 0.3) is 5.91 Å². The first-order chi connectivity index (χ1) is 13.3. The summed E-state index contributed by atoms with van der Waals surface area (Å²) in [4.78, 5) is 35.6. The third kappa shape index (κ3) is 5.54. The molecule has 2 amide bonds. The predicted molar refractivity (Wildman–Crippen MR) is 101 cm³/mol. The quantitative estimate of drug-likeness (QED) is 0.711. The van der Waals surface area contributed by atoms with Crippen molar-refractivity contribution in [2.24, 2.45) is 0 Å². The Balaban J connectivity index is 1.80. The van der Waals surface area contributed by atoms with Gasteiger partial charge in [0.15, 0.2) is 6.61 Å². The highest BCUT2D eigenvalue weighted by Gasteiger charge is 2.16. The van der Waals surface area contributed by atoms with Gasteiger partial charge in [0.1, 0.15) is 11.6 Å². The number of carbonyl (C=O) groups is 3. The summed E-state index contributed by atoms with van der Waals surface area (Å²) in [5.74, 6) is -2.66. The molecule has 0 saturated heterocycles. The van der Waals surface area contributed by atoms with Crippen LogP contribution in [0.1, 0.15) is 21.5 Å². The summed E-state index contributed by atoms with van der Waals surface area (Å²) in [5.41, 5.74) is 2.29. The Morgan fingerprint density at radius 3 is 2.50 bits per heavy atom. The van der Waals surface area contributed by atoms with Gasteiger partial charge in [-0.15, -0.1) is 0 Å². The predicted octanol–water partition coefficient (Wildman–Crippen LogP) is 2.36. The SMILES string of the molecule is COc1ccc(C(=O)OCC(=O)NCC(=O)Nc2cccc(C)c2C)c(F)c1. The molecule has 2 aromatic rings. The van der Waals surface area contributed by atoms with E-state index < -0.39 is 30.2 Å². The molecule has 0 fully saturated rings. The Labute approximate surface area is 161 Å². The van der Waals surface area contributed by atoms with E-state index in [0.717, 1.165) is 17.2 Å². The maximum Gasteiger partial charge on any atom is 0.341 e. The van der Waals surface area contributed by atoms with Crippen molar-refractivity contribution in [2.45, 2.75) is 13.8 Å². The zero-order valence-electron chi connectivity index (χ0n) is 15.8. The number of nitrogens with one attached hydrogen (secondary N) is 2. The van der Waals surface area contributed by atoms with Crippen molar-refractivity contribution in [1.82, 2.24) is 5.32 Å². The molecule has 0 bridgehead atoms. The standard InChI is InChI=1S/C20H21FN2O5/c1-12-5-4-6-17(13(12)2)23-18(24)10-22-19(25)11-28-20(26)15-8-7-14(27-3)9-16(15)21/h4-9H,10-11H2,1-3H3,(H,22,25)(H,23,24). The average Bonchev–Trinajstić information content (AvgIpc) is 2.67. The van der Waals surface area contributed by atoms with Gasteiger partial charge in [-0.25, -0.2) is 9.18 Å². The van der Waals surface area contributed by atoms with Crippen LogP contribution in [0.2, 0.25) is 0 Å². The number of halogens is 1. The summed E-state index contributed by atoms with van der Waals surface area (Å²) in [7, 11) is 1.37. The first kappa shape index (κ1) is 20.9. The highest BCUT2D eigenvalue weighted by atomic mass is 19.1. The molecule has 2 aromatic carbocycles. The first-order valence-corrected chi connectivity index (χ1v) is 8.45. The van der Waals surface area contributed by atoms with Crippen molar-refractivity contribution in [2.75, 3.05) is 25.6 Å². The van der Waals surface area contributed by atoms with Crippen LogP contribution in [-0.4, -0.2) is 38.0 Å². The summed E-state index contributed by atoms with van der Waals surface area (Å²) < 4.78 is 23.4. The van der Waals surface area contributed by atoms with Crippen LogP contribution in [0.25, 0.3) is 0 Å². The van der Waals surface area contributed by atoms with Gasteiger partial charge in [-0.05, 0) is 43.2 Å². The van der Waals surface area contributed by atoms with Crippen LogP contribution in [-0.2, 0) is 14.3 Å². The molecule has 148 valence electrons. The number of aryl methyl sites for hydroxylation is 1. The van der Waals surface area contributed by atoms with Crippen LogP contribution < -0.4 is 15.4 Å². The van der Waals surface area contributed by atoms with Gasteiger partial charge in [-0.3, -0.25) is 9.59 Å². The zero-order valence-corrected chi connectivity index (χ0v) is 15.8. The molecule has 0 saturated carbocycles. The number of methoxy groups -OCH3 is 1. The molecule has 28 heavy (non-hydrogen) atoms. The summed E-state index contributed by atoms with van der Waals surface area (Å²) in [6, 6.07) is 9.13. The van der Waals surface area contributed by atoms with Crippen molar-refractivity contribution < 1.29 is 28.2 Å². The van der Waals surface area contributed by atoms with Gasteiger partial charge >= 0.3 is 5.97 Å². The van der Waals surface area contributed by atoms with E-state index >= 15 is 0 Å². The zero-order chi connectivity index (χ0) is 20.7. The van der Waals surface area contributed by atoms with Crippen molar-refractivity contribution in [3.05, 3.63) is 58.9 Å². The van der Waals surface area contributed by atoms with Gasteiger partial charge < -0.3 is 20.1 Å². The third-order valence-electron chi connectivity index (χ3n) is 4.06. The van der Waals surface area contributed by atoms with Crippen molar-refractivity contribution in [1.29, 1.82) is 0 Å². The van der Waals surface area contributed by atoms with Crippen molar-refractivity contribution in [3.63, 3.8) is 0 Å². The first-order valence-electron chi connectivity index (χ1n) is 8.45. The molecule has 0 heterocycles. The smallest absolute Gasteiger partial charge is 0.341 e. The summed E-state index contributed by atoms with van der Waals surface area (Å²) in [6.45, 7) is 2.87. The summed E-state index contributed by atoms with van der Waals surface area (Å²) in [5, 5.41) is 5.03. The number of hydrogen-bond donors (Lipinski definition) is 2. The minimum absolute atomic E-state index is 0.252. The van der Waals surface area contributed by atoms with E-state index in [2.05, 4.69) is 10.6 Å². The van der Waals surface area contributed by atoms with Crippen LogP contribution in [0.5, 0.6) is 5.75 Å². The van der Waals surface area contributed by atoms with Crippen molar-refractivity contribution in [3.8, 4) is 5.75 Å². The molecule has 0 unspecified atom stereocenters. The van der Waals surface area contributed by atoms with E-state index in [1.165, 1.54) is 19.2 Å². The monoisotopic (exact) mass is 388 g/mol.